The molecule has 158 valence electrons. The maximum absolute atomic E-state index is 13.3. The first-order valence-electron chi connectivity index (χ1n) is 10.6. The number of amides is 2. The summed E-state index contributed by atoms with van der Waals surface area (Å²) in [7, 11) is 0. The van der Waals surface area contributed by atoms with E-state index in [0.717, 1.165) is 32.1 Å². The van der Waals surface area contributed by atoms with Gasteiger partial charge in [-0.2, -0.15) is 4.99 Å². The Kier molecular flexibility index (Phi) is 6.52. The highest BCUT2D eigenvalue weighted by molar-refractivity contribution is 5.98. The molecule has 3 atom stereocenters. The van der Waals surface area contributed by atoms with Crippen molar-refractivity contribution in [2.24, 2.45) is 10.9 Å². The van der Waals surface area contributed by atoms with Crippen molar-refractivity contribution in [2.45, 2.75) is 75.9 Å². The molecule has 0 radical (unpaired) electrons. The molecule has 1 aliphatic carbocycles. The van der Waals surface area contributed by atoms with Crippen LogP contribution in [-0.2, 0) is 23.9 Å². The predicted octanol–water partition coefficient (Wildman–Crippen LogP) is 1.99. The maximum atomic E-state index is 13.3. The van der Waals surface area contributed by atoms with E-state index in [0.29, 0.717) is 25.8 Å². The first-order chi connectivity index (χ1) is 14.0. The van der Waals surface area contributed by atoms with E-state index >= 15 is 0 Å². The van der Waals surface area contributed by atoms with Crippen LogP contribution >= 0.6 is 0 Å². The van der Waals surface area contributed by atoms with Gasteiger partial charge in [0.05, 0.1) is 6.61 Å². The topological polar surface area (TPSA) is 105 Å². The van der Waals surface area contributed by atoms with E-state index in [4.69, 9.17) is 4.74 Å². The number of fused-ring (bicyclic) bond motifs is 2. The zero-order valence-corrected chi connectivity index (χ0v) is 16.9. The van der Waals surface area contributed by atoms with Crippen LogP contribution in [0.25, 0.3) is 0 Å². The Labute approximate surface area is 170 Å². The molecule has 2 fully saturated rings. The van der Waals surface area contributed by atoms with Crippen molar-refractivity contribution in [1.82, 2.24) is 10.2 Å². The number of carbonyl (C=O) groups is 3. The molecule has 8 heteroatoms. The fraction of sp³-hybridized carbons (Fsp3) is 0.714. The second-order valence-corrected chi connectivity index (χ2v) is 8.01. The first-order valence-corrected chi connectivity index (χ1v) is 10.6. The maximum Gasteiger partial charge on any atom is 0.332 e. The van der Waals surface area contributed by atoms with E-state index < -0.39 is 23.1 Å². The van der Waals surface area contributed by atoms with Crippen molar-refractivity contribution in [3.63, 3.8) is 0 Å². The second-order valence-electron chi connectivity index (χ2n) is 8.01. The van der Waals surface area contributed by atoms with E-state index in [2.05, 4.69) is 10.3 Å². The molecule has 1 saturated heterocycles. The highest BCUT2D eigenvalue weighted by Gasteiger charge is 2.64. The third-order valence-electron chi connectivity index (χ3n) is 6.12. The second kappa shape index (κ2) is 8.91. The molecule has 29 heavy (non-hydrogen) atoms. The number of aliphatic imine (C=N–C) groups is 1. The number of rotatable bonds is 3. The summed E-state index contributed by atoms with van der Waals surface area (Å²) in [5.41, 5.74) is -2.79. The van der Waals surface area contributed by atoms with Gasteiger partial charge >= 0.3 is 5.97 Å². The molecule has 0 aromatic rings. The van der Waals surface area contributed by atoms with Gasteiger partial charge in [-0.05, 0) is 39.0 Å². The molecule has 0 bridgehead atoms. The molecule has 2 amide bonds. The van der Waals surface area contributed by atoms with Gasteiger partial charge in [0, 0.05) is 25.3 Å². The number of allylic oxidation sites excluding steroid dienone is 1. The fourth-order valence-electron chi connectivity index (χ4n) is 4.41. The quantitative estimate of drug-likeness (QED) is 0.336. The molecular weight excluding hydrogens is 374 g/mol. The lowest BCUT2D eigenvalue weighted by atomic mass is 10.0. The van der Waals surface area contributed by atoms with Crippen LogP contribution < -0.4 is 5.32 Å². The lowest BCUT2D eigenvalue weighted by molar-refractivity contribution is -0.152. The average molecular weight is 403 g/mol. The molecule has 8 nitrogen and oxygen atoms in total. The standard InChI is InChI=1S/C21H29N3O5/c1-2-29-19(28)20-14-16(20)10-7-5-3-4-6-8-11-17(26)24-13-9-12-21(24,22-15-25)18(27)23-20/h7,10,16H,2-6,8-9,11-14H2,1H3,(H,23,27)/b10-7-. The van der Waals surface area contributed by atoms with Crippen molar-refractivity contribution in [1.29, 1.82) is 0 Å². The van der Waals surface area contributed by atoms with Crippen molar-refractivity contribution in [2.75, 3.05) is 13.2 Å². The van der Waals surface area contributed by atoms with Gasteiger partial charge in [-0.3, -0.25) is 9.59 Å². The first kappa shape index (κ1) is 21.2. The number of carbonyl (C=O) groups excluding carboxylic acids is 4. The molecule has 3 unspecified atom stereocenters. The van der Waals surface area contributed by atoms with Gasteiger partial charge in [0.25, 0.3) is 5.91 Å². The Balaban J connectivity index is 1.94. The minimum Gasteiger partial charge on any atom is -0.464 e. The van der Waals surface area contributed by atoms with Crippen molar-refractivity contribution < 1.29 is 23.9 Å². The SMILES string of the molecule is CCOC(=O)C12CC1/C=C\CCCCCCC(=O)N1CCCC1(N=C=O)C(=O)N2. The summed E-state index contributed by atoms with van der Waals surface area (Å²) in [6, 6.07) is 0. The zero-order chi connectivity index (χ0) is 20.9. The third kappa shape index (κ3) is 4.13. The predicted molar refractivity (Wildman–Crippen MR) is 104 cm³/mol. The largest absolute Gasteiger partial charge is 0.464 e. The van der Waals surface area contributed by atoms with Crippen molar-refractivity contribution >= 4 is 23.9 Å². The monoisotopic (exact) mass is 403 g/mol. The van der Waals surface area contributed by atoms with Crippen LogP contribution in [0.4, 0.5) is 0 Å². The van der Waals surface area contributed by atoms with E-state index in [9.17, 15) is 19.2 Å². The van der Waals surface area contributed by atoms with Gasteiger partial charge in [0.2, 0.25) is 17.6 Å². The Morgan fingerprint density at radius 1 is 1.31 bits per heavy atom. The van der Waals surface area contributed by atoms with Crippen LogP contribution in [0.5, 0.6) is 0 Å². The van der Waals surface area contributed by atoms with Gasteiger partial charge in [-0.1, -0.05) is 25.0 Å². The molecule has 2 heterocycles. The van der Waals surface area contributed by atoms with Crippen LogP contribution in [0.1, 0.15) is 64.7 Å². The highest BCUT2D eigenvalue weighted by Crippen LogP contribution is 2.47. The highest BCUT2D eigenvalue weighted by atomic mass is 16.5. The summed E-state index contributed by atoms with van der Waals surface area (Å²) in [5, 5.41) is 2.81. The number of hydrogen-bond acceptors (Lipinski definition) is 6. The average Bonchev–Trinajstić information content (AvgIpc) is 3.21. The summed E-state index contributed by atoms with van der Waals surface area (Å²) in [4.78, 5) is 55.2. The number of nitrogens with zero attached hydrogens (tertiary/aromatic N) is 2. The number of ether oxygens (including phenoxy) is 1. The lowest BCUT2D eigenvalue weighted by Gasteiger charge is -2.34. The Hall–Kier alpha value is -2.47. The summed E-state index contributed by atoms with van der Waals surface area (Å²) in [6.45, 7) is 2.27. The van der Waals surface area contributed by atoms with Crippen LogP contribution in [0.2, 0.25) is 0 Å². The zero-order valence-electron chi connectivity index (χ0n) is 16.9. The molecule has 0 aromatic carbocycles. The summed E-state index contributed by atoms with van der Waals surface area (Å²) < 4.78 is 5.21. The van der Waals surface area contributed by atoms with E-state index in [1.807, 2.05) is 12.2 Å². The summed E-state index contributed by atoms with van der Waals surface area (Å²) >= 11 is 0. The Bertz CT molecular complexity index is 745. The molecular formula is C21H29N3O5. The number of esters is 1. The van der Waals surface area contributed by atoms with Gasteiger partial charge in [0.15, 0.2) is 0 Å². The summed E-state index contributed by atoms with van der Waals surface area (Å²) in [5.74, 6) is -1.46. The summed E-state index contributed by atoms with van der Waals surface area (Å²) in [6.07, 6.45) is 11.6. The molecule has 0 spiro atoms. The lowest BCUT2D eigenvalue weighted by Crippen LogP contribution is -2.60. The molecule has 1 saturated carbocycles. The number of isocyanates is 1. The Morgan fingerprint density at radius 3 is 2.86 bits per heavy atom. The fourth-order valence-corrected chi connectivity index (χ4v) is 4.41. The molecule has 0 aromatic heterocycles. The van der Waals surface area contributed by atoms with Crippen LogP contribution in [0.3, 0.4) is 0 Å². The third-order valence-corrected chi connectivity index (χ3v) is 6.12. The van der Waals surface area contributed by atoms with Crippen molar-refractivity contribution in [3.8, 4) is 0 Å². The molecule has 1 N–H and O–H groups in total. The van der Waals surface area contributed by atoms with Crippen LogP contribution in [-0.4, -0.2) is 53.1 Å². The van der Waals surface area contributed by atoms with Crippen LogP contribution in [0, 0.1) is 5.92 Å². The van der Waals surface area contributed by atoms with Gasteiger partial charge < -0.3 is 15.0 Å². The van der Waals surface area contributed by atoms with E-state index in [-0.39, 0.29) is 24.9 Å². The van der Waals surface area contributed by atoms with Gasteiger partial charge in [-0.15, -0.1) is 0 Å². The van der Waals surface area contributed by atoms with E-state index in [1.54, 1.807) is 6.92 Å². The van der Waals surface area contributed by atoms with Gasteiger partial charge in [0.1, 0.15) is 5.54 Å². The minimum atomic E-state index is -1.63. The Morgan fingerprint density at radius 2 is 2.10 bits per heavy atom. The van der Waals surface area contributed by atoms with Gasteiger partial charge in [-0.25, -0.2) is 9.59 Å². The molecule has 3 rings (SSSR count). The molecule has 2 aliphatic heterocycles. The number of nitrogens with one attached hydrogen (secondary N) is 1. The smallest absolute Gasteiger partial charge is 0.332 e. The minimum absolute atomic E-state index is 0.168. The van der Waals surface area contributed by atoms with Crippen LogP contribution in [0.15, 0.2) is 17.1 Å². The molecule has 3 aliphatic rings. The van der Waals surface area contributed by atoms with E-state index in [1.165, 1.54) is 11.0 Å². The van der Waals surface area contributed by atoms with Crippen molar-refractivity contribution in [3.05, 3.63) is 12.2 Å². The normalized spacial score (nSPS) is 33.8. The number of hydrogen-bond donors (Lipinski definition) is 1.